The number of nitrogens with zero attached hydrogens (tertiary/aromatic N) is 1. The van der Waals surface area contributed by atoms with Crippen LogP contribution in [0.3, 0.4) is 0 Å². The first-order valence-electron chi connectivity index (χ1n) is 10.0. The SMILES string of the molecule is COCCCN1C(=O)C(=O)/C(=C(\O)c2ccccc2)C1c1ccccc1OC(C)C. The lowest BCUT2D eigenvalue weighted by Gasteiger charge is -2.27. The standard InChI is InChI=1S/C24H27NO5/c1-16(2)30-19-13-8-7-12-18(19)21-20(22(26)17-10-5-4-6-11-17)23(27)24(28)25(21)14-9-15-29-3/h4-8,10-13,16,21,26H,9,14-15H2,1-3H3/b22-20-. The Hall–Kier alpha value is -3.12. The van der Waals surface area contributed by atoms with Crippen LogP contribution >= 0.6 is 0 Å². The average Bonchev–Trinajstić information content (AvgIpc) is 2.99. The van der Waals surface area contributed by atoms with E-state index in [1.165, 1.54) is 4.90 Å². The van der Waals surface area contributed by atoms with Gasteiger partial charge < -0.3 is 19.5 Å². The van der Waals surface area contributed by atoms with Gasteiger partial charge in [0.05, 0.1) is 17.7 Å². The van der Waals surface area contributed by atoms with Gasteiger partial charge in [-0.1, -0.05) is 48.5 Å². The normalized spacial score (nSPS) is 18.3. The summed E-state index contributed by atoms with van der Waals surface area (Å²) in [6, 6.07) is 15.4. The Morgan fingerprint density at radius 2 is 1.73 bits per heavy atom. The Bertz CT molecular complexity index is 936. The number of carbonyl (C=O) groups excluding carboxylic acids is 2. The second-order valence-corrected chi connectivity index (χ2v) is 7.41. The number of hydrogen-bond acceptors (Lipinski definition) is 5. The fourth-order valence-corrected chi connectivity index (χ4v) is 3.63. The third-order valence-electron chi connectivity index (χ3n) is 4.91. The summed E-state index contributed by atoms with van der Waals surface area (Å²) in [4.78, 5) is 27.4. The number of hydrogen-bond donors (Lipinski definition) is 1. The number of benzene rings is 2. The van der Waals surface area contributed by atoms with Crippen LogP contribution < -0.4 is 4.74 Å². The molecule has 1 unspecified atom stereocenters. The van der Waals surface area contributed by atoms with Crippen molar-refractivity contribution in [3.63, 3.8) is 0 Å². The molecule has 0 bridgehead atoms. The first kappa shape index (κ1) is 21.6. The number of Topliss-reactive ketones (excluding diaryl/α,β-unsaturated/α-hetero) is 1. The molecule has 0 aliphatic carbocycles. The van der Waals surface area contributed by atoms with E-state index in [1.54, 1.807) is 31.4 Å². The van der Waals surface area contributed by atoms with E-state index in [9.17, 15) is 14.7 Å². The Labute approximate surface area is 176 Å². The number of aliphatic hydroxyl groups is 1. The van der Waals surface area contributed by atoms with Gasteiger partial charge in [0.1, 0.15) is 11.5 Å². The van der Waals surface area contributed by atoms with E-state index in [1.807, 2.05) is 44.2 Å². The van der Waals surface area contributed by atoms with Crippen molar-refractivity contribution in [1.82, 2.24) is 4.90 Å². The molecule has 158 valence electrons. The van der Waals surface area contributed by atoms with Crippen molar-refractivity contribution >= 4 is 17.4 Å². The third-order valence-corrected chi connectivity index (χ3v) is 4.91. The highest BCUT2D eigenvalue weighted by Gasteiger charge is 2.46. The fourth-order valence-electron chi connectivity index (χ4n) is 3.63. The molecule has 0 spiro atoms. The van der Waals surface area contributed by atoms with Gasteiger partial charge in [0.15, 0.2) is 0 Å². The fraction of sp³-hybridized carbons (Fsp3) is 0.333. The highest BCUT2D eigenvalue weighted by molar-refractivity contribution is 6.46. The molecule has 0 radical (unpaired) electrons. The van der Waals surface area contributed by atoms with Crippen LogP contribution in [-0.4, -0.2) is 48.1 Å². The van der Waals surface area contributed by atoms with Crippen molar-refractivity contribution < 1.29 is 24.2 Å². The molecule has 1 N–H and O–H groups in total. The smallest absolute Gasteiger partial charge is 0.295 e. The van der Waals surface area contributed by atoms with E-state index < -0.39 is 17.7 Å². The molecular formula is C24H27NO5. The first-order valence-corrected chi connectivity index (χ1v) is 10.0. The number of ether oxygens (including phenoxy) is 2. The van der Waals surface area contributed by atoms with E-state index in [4.69, 9.17) is 9.47 Å². The number of aliphatic hydroxyl groups excluding tert-OH is 1. The highest BCUT2D eigenvalue weighted by atomic mass is 16.5. The van der Waals surface area contributed by atoms with Gasteiger partial charge in [0, 0.05) is 31.4 Å². The first-order chi connectivity index (χ1) is 14.5. The average molecular weight is 409 g/mol. The molecule has 1 aliphatic rings. The zero-order valence-electron chi connectivity index (χ0n) is 17.5. The number of methoxy groups -OCH3 is 1. The Kier molecular flexibility index (Phi) is 6.90. The van der Waals surface area contributed by atoms with Gasteiger partial charge in [0.2, 0.25) is 0 Å². The van der Waals surface area contributed by atoms with Crippen molar-refractivity contribution in [3.8, 4) is 5.75 Å². The number of para-hydroxylation sites is 1. The minimum absolute atomic E-state index is 0.0726. The Morgan fingerprint density at radius 1 is 1.07 bits per heavy atom. The summed E-state index contributed by atoms with van der Waals surface area (Å²) in [7, 11) is 1.59. The van der Waals surface area contributed by atoms with Crippen LogP contribution in [0.1, 0.15) is 37.4 Å². The summed E-state index contributed by atoms with van der Waals surface area (Å²) < 4.78 is 11.1. The van der Waals surface area contributed by atoms with Gasteiger partial charge in [-0.3, -0.25) is 9.59 Å². The molecule has 6 nitrogen and oxygen atoms in total. The highest BCUT2D eigenvalue weighted by Crippen LogP contribution is 2.42. The minimum atomic E-state index is -0.739. The van der Waals surface area contributed by atoms with Crippen molar-refractivity contribution in [2.45, 2.75) is 32.4 Å². The number of likely N-dealkylation sites (tertiary alicyclic amines) is 1. The molecule has 1 fully saturated rings. The largest absolute Gasteiger partial charge is 0.507 e. The van der Waals surface area contributed by atoms with Crippen molar-refractivity contribution in [3.05, 3.63) is 71.3 Å². The van der Waals surface area contributed by atoms with Crippen molar-refractivity contribution in [1.29, 1.82) is 0 Å². The maximum Gasteiger partial charge on any atom is 0.295 e. The molecule has 2 aromatic rings. The second kappa shape index (κ2) is 9.59. The van der Waals surface area contributed by atoms with Crippen LogP contribution in [0, 0.1) is 0 Å². The van der Waals surface area contributed by atoms with E-state index >= 15 is 0 Å². The second-order valence-electron chi connectivity index (χ2n) is 7.41. The summed E-state index contributed by atoms with van der Waals surface area (Å²) in [5.41, 5.74) is 1.23. The number of carbonyl (C=O) groups is 2. The van der Waals surface area contributed by atoms with Crippen LogP contribution in [0.2, 0.25) is 0 Å². The summed E-state index contributed by atoms with van der Waals surface area (Å²) in [6.45, 7) is 4.61. The number of rotatable bonds is 8. The van der Waals surface area contributed by atoms with Crippen molar-refractivity contribution in [2.75, 3.05) is 20.3 Å². The van der Waals surface area contributed by atoms with Crippen LogP contribution in [0.4, 0.5) is 0 Å². The summed E-state index contributed by atoms with van der Waals surface area (Å²) in [5, 5.41) is 11.0. The maximum absolute atomic E-state index is 13.0. The lowest BCUT2D eigenvalue weighted by molar-refractivity contribution is -0.140. The zero-order valence-corrected chi connectivity index (χ0v) is 17.5. The lowest BCUT2D eigenvalue weighted by Crippen LogP contribution is -2.31. The molecule has 0 saturated carbocycles. The maximum atomic E-state index is 13.0. The Balaban J connectivity index is 2.16. The molecule has 0 aromatic heterocycles. The van der Waals surface area contributed by atoms with Gasteiger partial charge >= 0.3 is 0 Å². The topological polar surface area (TPSA) is 76.1 Å². The molecule has 1 heterocycles. The quantitative estimate of drug-likeness (QED) is 0.309. The van der Waals surface area contributed by atoms with E-state index in [2.05, 4.69) is 0 Å². The van der Waals surface area contributed by atoms with Crippen LogP contribution in [0.25, 0.3) is 5.76 Å². The van der Waals surface area contributed by atoms with E-state index in [-0.39, 0.29) is 17.4 Å². The summed E-state index contributed by atoms with van der Waals surface area (Å²) in [6.07, 6.45) is 0.481. The third kappa shape index (κ3) is 4.39. The minimum Gasteiger partial charge on any atom is -0.507 e. The molecule has 30 heavy (non-hydrogen) atoms. The molecule has 1 saturated heterocycles. The van der Waals surface area contributed by atoms with Gasteiger partial charge in [-0.05, 0) is 26.3 Å². The molecule has 1 aliphatic heterocycles. The van der Waals surface area contributed by atoms with Crippen LogP contribution in [0.5, 0.6) is 5.75 Å². The molecule has 6 heteroatoms. The Morgan fingerprint density at radius 3 is 2.40 bits per heavy atom. The molecule has 2 aromatic carbocycles. The predicted molar refractivity (Wildman–Crippen MR) is 114 cm³/mol. The van der Waals surface area contributed by atoms with Gasteiger partial charge in [-0.2, -0.15) is 0 Å². The summed E-state index contributed by atoms with van der Waals surface area (Å²) >= 11 is 0. The molecular weight excluding hydrogens is 382 g/mol. The molecule has 1 amide bonds. The van der Waals surface area contributed by atoms with Crippen LogP contribution in [0.15, 0.2) is 60.2 Å². The van der Waals surface area contributed by atoms with Gasteiger partial charge in [0.25, 0.3) is 11.7 Å². The van der Waals surface area contributed by atoms with E-state index in [0.29, 0.717) is 36.4 Å². The number of amides is 1. The summed E-state index contributed by atoms with van der Waals surface area (Å²) in [5.74, 6) is -0.936. The lowest BCUT2D eigenvalue weighted by atomic mass is 9.94. The molecule has 3 rings (SSSR count). The molecule has 1 atom stereocenters. The van der Waals surface area contributed by atoms with Crippen LogP contribution in [-0.2, 0) is 14.3 Å². The van der Waals surface area contributed by atoms with Gasteiger partial charge in [-0.15, -0.1) is 0 Å². The van der Waals surface area contributed by atoms with E-state index in [0.717, 1.165) is 0 Å². The number of ketones is 1. The predicted octanol–water partition coefficient (Wildman–Crippen LogP) is 3.93. The monoisotopic (exact) mass is 409 g/mol. The van der Waals surface area contributed by atoms with Crippen molar-refractivity contribution in [2.24, 2.45) is 0 Å². The zero-order chi connectivity index (χ0) is 21.7. The van der Waals surface area contributed by atoms with Gasteiger partial charge in [-0.25, -0.2) is 0 Å².